The number of fused-ring (bicyclic) bond motifs is 3. The number of halogens is 2. The molecule has 2 nitrogen and oxygen atoms in total. The van der Waals surface area contributed by atoms with Crippen LogP contribution in [0.5, 0.6) is 0 Å². The predicted octanol–water partition coefficient (Wildman–Crippen LogP) is 3.81. The molecule has 0 amide bonds. The fraction of sp³-hybridized carbons (Fsp3) is 0.421. The van der Waals surface area contributed by atoms with E-state index in [9.17, 15) is 8.78 Å². The van der Waals surface area contributed by atoms with Crippen molar-refractivity contribution in [2.45, 2.75) is 38.0 Å². The van der Waals surface area contributed by atoms with Gasteiger partial charge in [-0.25, -0.2) is 8.78 Å². The van der Waals surface area contributed by atoms with E-state index in [2.05, 4.69) is 17.0 Å². The van der Waals surface area contributed by atoms with Gasteiger partial charge in [0, 0.05) is 12.6 Å². The van der Waals surface area contributed by atoms with E-state index < -0.39 is 11.8 Å². The molecule has 1 aromatic rings. The first-order valence-electron chi connectivity index (χ1n) is 8.09. The maximum atomic E-state index is 14.8. The van der Waals surface area contributed by atoms with Crippen LogP contribution in [0, 0.1) is 0 Å². The molecule has 0 saturated carbocycles. The number of benzene rings is 1. The van der Waals surface area contributed by atoms with E-state index in [4.69, 9.17) is 0 Å². The normalized spacial score (nSPS) is 23.4. The summed E-state index contributed by atoms with van der Waals surface area (Å²) in [6.45, 7) is 6.95. The number of aliphatic imine (C=N–C) groups is 1. The summed E-state index contributed by atoms with van der Waals surface area (Å²) in [7, 11) is 0. The second kappa shape index (κ2) is 6.36. The average Bonchev–Trinajstić information content (AvgIpc) is 2.68. The van der Waals surface area contributed by atoms with Crippen molar-refractivity contribution in [2.75, 3.05) is 13.1 Å². The summed E-state index contributed by atoms with van der Waals surface area (Å²) in [5, 5.41) is 3.36. The zero-order chi connectivity index (χ0) is 16.4. The lowest BCUT2D eigenvalue weighted by atomic mass is 9.84. The van der Waals surface area contributed by atoms with E-state index in [-0.39, 0.29) is 6.42 Å². The van der Waals surface area contributed by atoms with E-state index in [1.165, 1.54) is 11.8 Å². The molecule has 1 aliphatic heterocycles. The first kappa shape index (κ1) is 16.1. The first-order valence-corrected chi connectivity index (χ1v) is 8.09. The van der Waals surface area contributed by atoms with Crippen molar-refractivity contribution in [3.63, 3.8) is 0 Å². The molecule has 4 heteroatoms. The highest BCUT2D eigenvalue weighted by Crippen LogP contribution is 2.51. The van der Waals surface area contributed by atoms with Crippen LogP contribution in [0.1, 0.15) is 35.1 Å². The first-order chi connectivity index (χ1) is 11.1. The highest BCUT2D eigenvalue weighted by Gasteiger charge is 2.49. The van der Waals surface area contributed by atoms with Gasteiger partial charge in [-0.05, 0) is 73.5 Å². The molecule has 1 aromatic carbocycles. The van der Waals surface area contributed by atoms with Crippen molar-refractivity contribution in [3.8, 4) is 0 Å². The Morgan fingerprint density at radius 2 is 2.04 bits per heavy atom. The Morgan fingerprint density at radius 1 is 1.30 bits per heavy atom. The highest BCUT2D eigenvalue weighted by molar-refractivity contribution is 5.54. The minimum Gasteiger partial charge on any atom is -0.316 e. The molecule has 3 rings (SSSR count). The number of nitrogens with zero attached hydrogens (tertiary/aromatic N) is 1. The quantitative estimate of drug-likeness (QED) is 0.665. The molecule has 23 heavy (non-hydrogen) atoms. The predicted molar refractivity (Wildman–Crippen MR) is 90.6 cm³/mol. The molecule has 122 valence electrons. The third-order valence-electron chi connectivity index (χ3n) is 4.84. The van der Waals surface area contributed by atoms with Crippen molar-refractivity contribution in [1.82, 2.24) is 5.32 Å². The number of nitrogens with one attached hydrogen (secondary N) is 1. The van der Waals surface area contributed by atoms with E-state index >= 15 is 0 Å². The number of allylic oxidation sites excluding steroid dienone is 3. The molecule has 0 bridgehead atoms. The number of hydrogen-bond acceptors (Lipinski definition) is 2. The number of hydrogen-bond donors (Lipinski definition) is 1. The summed E-state index contributed by atoms with van der Waals surface area (Å²) in [6.07, 6.45) is 6.45. The average molecular weight is 316 g/mol. The SMILES string of the molecule is C=N/C=C\C(=C/C)C1c2c(ccc3c2CCNCC3)CC1(F)F. The van der Waals surface area contributed by atoms with Gasteiger partial charge in [-0.1, -0.05) is 18.2 Å². The van der Waals surface area contributed by atoms with Crippen LogP contribution in [0.4, 0.5) is 8.78 Å². The molecule has 1 heterocycles. The van der Waals surface area contributed by atoms with Gasteiger partial charge < -0.3 is 5.32 Å². The summed E-state index contributed by atoms with van der Waals surface area (Å²) in [5.74, 6) is -3.64. The van der Waals surface area contributed by atoms with Gasteiger partial charge in [0.05, 0.1) is 5.92 Å². The molecule has 1 aliphatic carbocycles. The van der Waals surface area contributed by atoms with Crippen LogP contribution in [-0.4, -0.2) is 25.7 Å². The summed E-state index contributed by atoms with van der Waals surface area (Å²) in [4.78, 5) is 3.67. The molecular weight excluding hydrogens is 294 g/mol. The van der Waals surface area contributed by atoms with Crippen molar-refractivity contribution in [2.24, 2.45) is 4.99 Å². The molecular formula is C19H22F2N2. The maximum Gasteiger partial charge on any atom is 0.262 e. The zero-order valence-electron chi connectivity index (χ0n) is 13.4. The van der Waals surface area contributed by atoms with Crippen molar-refractivity contribution < 1.29 is 8.78 Å². The smallest absolute Gasteiger partial charge is 0.262 e. The number of alkyl halides is 2. The van der Waals surface area contributed by atoms with Gasteiger partial charge in [-0.3, -0.25) is 4.99 Å². The monoisotopic (exact) mass is 316 g/mol. The Bertz CT molecular complexity index is 674. The summed E-state index contributed by atoms with van der Waals surface area (Å²) < 4.78 is 29.6. The fourth-order valence-corrected chi connectivity index (χ4v) is 3.84. The van der Waals surface area contributed by atoms with Gasteiger partial charge in [0.15, 0.2) is 0 Å². The Balaban J connectivity index is 2.15. The molecule has 1 N–H and O–H groups in total. The molecule has 0 fully saturated rings. The van der Waals surface area contributed by atoms with E-state index in [1.807, 2.05) is 12.1 Å². The molecule has 0 aromatic heterocycles. The van der Waals surface area contributed by atoms with Crippen LogP contribution in [-0.2, 0) is 19.3 Å². The Hall–Kier alpha value is -1.81. The topological polar surface area (TPSA) is 24.4 Å². The minimum absolute atomic E-state index is 0.180. The maximum absolute atomic E-state index is 14.8. The van der Waals surface area contributed by atoms with Crippen molar-refractivity contribution in [1.29, 1.82) is 0 Å². The van der Waals surface area contributed by atoms with Crippen molar-refractivity contribution >= 4 is 6.72 Å². The second-order valence-electron chi connectivity index (χ2n) is 6.18. The lowest BCUT2D eigenvalue weighted by Gasteiger charge is -2.23. The van der Waals surface area contributed by atoms with E-state index in [1.54, 1.807) is 19.1 Å². The molecule has 0 radical (unpaired) electrons. The van der Waals surface area contributed by atoms with Gasteiger partial charge in [0.1, 0.15) is 0 Å². The highest BCUT2D eigenvalue weighted by atomic mass is 19.3. The van der Waals surface area contributed by atoms with E-state index in [0.717, 1.165) is 42.6 Å². The molecule has 1 unspecified atom stereocenters. The zero-order valence-corrected chi connectivity index (χ0v) is 13.4. The van der Waals surface area contributed by atoms with Crippen LogP contribution in [0.2, 0.25) is 0 Å². The van der Waals surface area contributed by atoms with E-state index in [0.29, 0.717) is 5.57 Å². The Labute approximate surface area is 136 Å². The molecule has 0 spiro atoms. The third-order valence-corrected chi connectivity index (χ3v) is 4.84. The molecule has 2 aliphatic rings. The standard InChI is InChI=1S/C19H22F2N2/c1-3-13(6-9-22-2)18-17-15(12-19(18,20)21)5-4-14-7-10-23-11-8-16(14)17/h3-6,9,18,23H,2,7-8,10-12H2,1H3/b9-6-,13-3+. The minimum atomic E-state index is -2.76. The molecule has 0 saturated heterocycles. The van der Waals surface area contributed by atoms with Crippen LogP contribution >= 0.6 is 0 Å². The Morgan fingerprint density at radius 3 is 2.78 bits per heavy atom. The lowest BCUT2D eigenvalue weighted by Crippen LogP contribution is -2.24. The fourth-order valence-electron chi connectivity index (χ4n) is 3.84. The van der Waals surface area contributed by atoms with Crippen LogP contribution in [0.25, 0.3) is 0 Å². The van der Waals surface area contributed by atoms with Gasteiger partial charge in [-0.2, -0.15) is 0 Å². The van der Waals surface area contributed by atoms with Gasteiger partial charge in [0.25, 0.3) is 5.92 Å². The van der Waals surface area contributed by atoms with Crippen molar-refractivity contribution in [3.05, 3.63) is 58.3 Å². The Kier molecular flexibility index (Phi) is 4.44. The third kappa shape index (κ3) is 2.88. The summed E-state index contributed by atoms with van der Waals surface area (Å²) >= 11 is 0. The lowest BCUT2D eigenvalue weighted by molar-refractivity contribution is -0.00395. The van der Waals surface area contributed by atoms with Gasteiger partial charge >= 0.3 is 0 Å². The van der Waals surface area contributed by atoms with Gasteiger partial charge in [0.2, 0.25) is 0 Å². The number of rotatable bonds is 3. The largest absolute Gasteiger partial charge is 0.316 e. The second-order valence-corrected chi connectivity index (χ2v) is 6.18. The van der Waals surface area contributed by atoms with Crippen LogP contribution in [0.3, 0.4) is 0 Å². The van der Waals surface area contributed by atoms with Crippen LogP contribution < -0.4 is 5.32 Å². The van der Waals surface area contributed by atoms with Crippen LogP contribution in [0.15, 0.2) is 41.1 Å². The van der Waals surface area contributed by atoms with Gasteiger partial charge in [-0.15, -0.1) is 0 Å². The molecule has 1 atom stereocenters. The summed E-state index contributed by atoms with van der Waals surface area (Å²) in [6, 6.07) is 3.94. The summed E-state index contributed by atoms with van der Waals surface area (Å²) in [5.41, 5.74) is 4.58.